The van der Waals surface area contributed by atoms with Gasteiger partial charge in [-0.15, -0.1) is 0 Å². The molecule has 0 saturated carbocycles. The minimum absolute atomic E-state index is 0.0884. The Kier molecular flexibility index (Phi) is 3.38. The van der Waals surface area contributed by atoms with Crippen molar-refractivity contribution in [3.63, 3.8) is 0 Å². The predicted octanol–water partition coefficient (Wildman–Crippen LogP) is 4.39. The van der Waals surface area contributed by atoms with E-state index in [0.717, 1.165) is 36.4 Å². The van der Waals surface area contributed by atoms with Crippen LogP contribution in [0, 0.1) is 23.3 Å². The van der Waals surface area contributed by atoms with Crippen LogP contribution in [0.3, 0.4) is 0 Å². The molecule has 5 heteroatoms. The SMILES string of the molecule is Fc1ccc(F)c(Sc2cc(F)ccc2F)c1. The molecule has 0 unspecified atom stereocenters. The van der Waals surface area contributed by atoms with E-state index in [4.69, 9.17) is 0 Å². The van der Waals surface area contributed by atoms with Gasteiger partial charge in [-0.25, -0.2) is 17.6 Å². The Bertz CT molecular complexity index is 505. The predicted molar refractivity (Wildman–Crippen MR) is 56.8 cm³/mol. The largest absolute Gasteiger partial charge is 0.207 e. The number of halogens is 4. The Morgan fingerprint density at radius 1 is 0.647 bits per heavy atom. The highest BCUT2D eigenvalue weighted by atomic mass is 32.2. The maximum Gasteiger partial charge on any atom is 0.137 e. The maximum atomic E-state index is 13.3. The Morgan fingerprint density at radius 3 is 1.47 bits per heavy atom. The van der Waals surface area contributed by atoms with Crippen molar-refractivity contribution in [1.82, 2.24) is 0 Å². The molecule has 0 fully saturated rings. The van der Waals surface area contributed by atoms with Crippen LogP contribution in [-0.4, -0.2) is 0 Å². The van der Waals surface area contributed by atoms with Gasteiger partial charge in [0, 0.05) is 0 Å². The number of hydrogen-bond donors (Lipinski definition) is 0. The van der Waals surface area contributed by atoms with Gasteiger partial charge in [-0.1, -0.05) is 11.8 Å². The molecule has 0 aromatic heterocycles. The second-order valence-corrected chi connectivity index (χ2v) is 4.34. The molecule has 0 saturated heterocycles. The average molecular weight is 258 g/mol. The fraction of sp³-hybridized carbons (Fsp3) is 0. The Labute approximate surface area is 99.3 Å². The van der Waals surface area contributed by atoms with Crippen molar-refractivity contribution >= 4 is 11.8 Å². The van der Waals surface area contributed by atoms with E-state index in [1.165, 1.54) is 0 Å². The van der Waals surface area contributed by atoms with E-state index in [2.05, 4.69) is 0 Å². The van der Waals surface area contributed by atoms with Crippen LogP contribution in [0.25, 0.3) is 0 Å². The summed E-state index contributed by atoms with van der Waals surface area (Å²) >= 11 is 0.639. The van der Waals surface area contributed by atoms with Crippen LogP contribution in [-0.2, 0) is 0 Å². The summed E-state index contributed by atoms with van der Waals surface area (Å²) in [4.78, 5) is -0.177. The summed E-state index contributed by atoms with van der Waals surface area (Å²) in [6, 6.07) is 5.67. The van der Waals surface area contributed by atoms with Gasteiger partial charge in [0.05, 0.1) is 9.79 Å². The van der Waals surface area contributed by atoms with Crippen molar-refractivity contribution in [2.75, 3.05) is 0 Å². The van der Waals surface area contributed by atoms with Gasteiger partial charge in [0.15, 0.2) is 0 Å². The van der Waals surface area contributed by atoms with Crippen LogP contribution < -0.4 is 0 Å². The fourth-order valence-corrected chi connectivity index (χ4v) is 2.14. The van der Waals surface area contributed by atoms with E-state index >= 15 is 0 Å². The molecule has 0 aliphatic carbocycles. The van der Waals surface area contributed by atoms with Gasteiger partial charge in [-0.05, 0) is 36.4 Å². The van der Waals surface area contributed by atoms with Crippen molar-refractivity contribution in [2.24, 2.45) is 0 Å². The molecule has 2 rings (SSSR count). The van der Waals surface area contributed by atoms with E-state index < -0.39 is 23.3 Å². The highest BCUT2D eigenvalue weighted by Gasteiger charge is 2.10. The second kappa shape index (κ2) is 4.79. The third kappa shape index (κ3) is 2.79. The van der Waals surface area contributed by atoms with Crippen LogP contribution in [0.2, 0.25) is 0 Å². The third-order valence-corrected chi connectivity index (χ3v) is 3.07. The summed E-state index contributed by atoms with van der Waals surface area (Å²) in [5.74, 6) is -2.63. The lowest BCUT2D eigenvalue weighted by atomic mass is 10.3. The van der Waals surface area contributed by atoms with Crippen molar-refractivity contribution in [3.05, 3.63) is 59.7 Å². The molecule has 0 nitrogen and oxygen atoms in total. The molecule has 0 bridgehead atoms. The van der Waals surface area contributed by atoms with Crippen molar-refractivity contribution in [2.45, 2.75) is 9.79 Å². The first kappa shape index (κ1) is 12.0. The van der Waals surface area contributed by atoms with Crippen LogP contribution in [0.15, 0.2) is 46.2 Å². The lowest BCUT2D eigenvalue weighted by Gasteiger charge is -2.04. The summed E-state index contributed by atoms with van der Waals surface area (Å²) in [5.41, 5.74) is 0. The fourth-order valence-electron chi connectivity index (χ4n) is 1.23. The first-order valence-electron chi connectivity index (χ1n) is 4.64. The molecule has 0 atom stereocenters. The molecule has 0 aliphatic rings. The van der Waals surface area contributed by atoms with Crippen LogP contribution in [0.4, 0.5) is 17.6 Å². The third-order valence-electron chi connectivity index (χ3n) is 2.01. The van der Waals surface area contributed by atoms with Crippen molar-refractivity contribution < 1.29 is 17.6 Å². The summed E-state index contributed by atoms with van der Waals surface area (Å²) in [7, 11) is 0. The standard InChI is InChI=1S/C12H6F4S/c13-7-1-3-9(15)11(5-7)17-12-6-8(14)2-4-10(12)16/h1-6H. The molecule has 88 valence electrons. The van der Waals surface area contributed by atoms with Gasteiger partial charge in [0.25, 0.3) is 0 Å². The van der Waals surface area contributed by atoms with Gasteiger partial charge in [0.1, 0.15) is 23.3 Å². The van der Waals surface area contributed by atoms with Crippen molar-refractivity contribution in [1.29, 1.82) is 0 Å². The minimum Gasteiger partial charge on any atom is -0.207 e. The number of rotatable bonds is 2. The number of benzene rings is 2. The van der Waals surface area contributed by atoms with E-state index in [1.807, 2.05) is 0 Å². The molecular formula is C12H6F4S. The molecule has 0 aliphatic heterocycles. The number of hydrogen-bond acceptors (Lipinski definition) is 1. The van der Waals surface area contributed by atoms with Gasteiger partial charge in [0.2, 0.25) is 0 Å². The highest BCUT2D eigenvalue weighted by Crippen LogP contribution is 2.32. The molecule has 0 N–H and O–H groups in total. The second-order valence-electron chi connectivity index (χ2n) is 3.25. The molecular weight excluding hydrogens is 252 g/mol. The van der Waals surface area contributed by atoms with Gasteiger partial charge in [-0.2, -0.15) is 0 Å². The lowest BCUT2D eigenvalue weighted by Crippen LogP contribution is -1.87. The first-order chi connectivity index (χ1) is 8.06. The summed E-state index contributed by atoms with van der Waals surface area (Å²) in [5, 5.41) is 0. The zero-order valence-electron chi connectivity index (χ0n) is 8.38. The molecule has 0 heterocycles. The van der Waals surface area contributed by atoms with Crippen molar-refractivity contribution in [3.8, 4) is 0 Å². The summed E-state index contributed by atoms with van der Waals surface area (Å²) < 4.78 is 52.3. The smallest absolute Gasteiger partial charge is 0.137 e. The first-order valence-corrected chi connectivity index (χ1v) is 5.46. The van der Waals surface area contributed by atoms with Gasteiger partial charge in [-0.3, -0.25) is 0 Å². The topological polar surface area (TPSA) is 0 Å². The molecule has 2 aromatic carbocycles. The van der Waals surface area contributed by atoms with E-state index in [-0.39, 0.29) is 9.79 Å². The van der Waals surface area contributed by atoms with Gasteiger partial charge >= 0.3 is 0 Å². The van der Waals surface area contributed by atoms with E-state index in [0.29, 0.717) is 11.8 Å². The molecule has 0 spiro atoms. The van der Waals surface area contributed by atoms with Gasteiger partial charge < -0.3 is 0 Å². The highest BCUT2D eigenvalue weighted by molar-refractivity contribution is 7.99. The minimum atomic E-state index is -0.680. The molecule has 0 radical (unpaired) electrons. The zero-order chi connectivity index (χ0) is 12.4. The quantitative estimate of drug-likeness (QED) is 0.720. The monoisotopic (exact) mass is 258 g/mol. The Morgan fingerprint density at radius 2 is 1.06 bits per heavy atom. The van der Waals surface area contributed by atoms with E-state index in [9.17, 15) is 17.6 Å². The normalized spacial score (nSPS) is 10.6. The summed E-state index contributed by atoms with van der Waals surface area (Å²) in [6.45, 7) is 0. The molecule has 17 heavy (non-hydrogen) atoms. The summed E-state index contributed by atoms with van der Waals surface area (Å²) in [6.07, 6.45) is 0. The van der Waals surface area contributed by atoms with Crippen LogP contribution in [0.5, 0.6) is 0 Å². The van der Waals surface area contributed by atoms with Crippen LogP contribution >= 0.6 is 11.8 Å². The Balaban J connectivity index is 2.37. The average Bonchev–Trinajstić information content (AvgIpc) is 2.28. The lowest BCUT2D eigenvalue weighted by molar-refractivity contribution is 0.571. The Hall–Kier alpha value is -1.49. The molecule has 0 amide bonds. The van der Waals surface area contributed by atoms with E-state index in [1.54, 1.807) is 0 Å². The zero-order valence-corrected chi connectivity index (χ0v) is 9.20. The van der Waals surface area contributed by atoms with Crippen LogP contribution in [0.1, 0.15) is 0 Å². The maximum absolute atomic E-state index is 13.3. The molecule has 2 aromatic rings.